The molecule has 3 N–H and O–H groups in total. The first-order valence-electron chi connectivity index (χ1n) is 5.83. The minimum absolute atomic E-state index is 0.207. The van der Waals surface area contributed by atoms with Crippen LogP contribution in [-0.4, -0.2) is 18.3 Å². The van der Waals surface area contributed by atoms with Gasteiger partial charge in [-0.05, 0) is 49.3 Å². The number of nitrogens with two attached hydrogens (primary N) is 1. The standard InChI is InChI=1S/C13H19NO2/c1-16-13-8-10(4-7-12(13)15)9-2-5-11(14)6-3-9/h4,7-9,11,15H,2-3,5-6,14H2,1H3. The maximum absolute atomic E-state index is 9.53. The largest absolute Gasteiger partial charge is 0.504 e. The Balaban J connectivity index is 2.14. The summed E-state index contributed by atoms with van der Waals surface area (Å²) in [5, 5.41) is 9.53. The van der Waals surface area contributed by atoms with Gasteiger partial charge >= 0.3 is 0 Å². The number of benzene rings is 1. The second kappa shape index (κ2) is 4.74. The lowest BCUT2D eigenvalue weighted by Gasteiger charge is -2.26. The van der Waals surface area contributed by atoms with Gasteiger partial charge in [0.2, 0.25) is 0 Å². The van der Waals surface area contributed by atoms with Crippen molar-refractivity contribution in [3.63, 3.8) is 0 Å². The monoisotopic (exact) mass is 221 g/mol. The lowest BCUT2D eigenvalue weighted by Crippen LogP contribution is -2.25. The Bertz CT molecular complexity index is 357. The highest BCUT2D eigenvalue weighted by molar-refractivity contribution is 5.42. The Morgan fingerprint density at radius 2 is 1.94 bits per heavy atom. The van der Waals surface area contributed by atoms with E-state index < -0.39 is 0 Å². The van der Waals surface area contributed by atoms with Gasteiger partial charge in [-0.15, -0.1) is 0 Å². The zero-order valence-corrected chi connectivity index (χ0v) is 9.65. The summed E-state index contributed by atoms with van der Waals surface area (Å²) in [4.78, 5) is 0. The third-order valence-electron chi connectivity index (χ3n) is 3.45. The van der Waals surface area contributed by atoms with Crippen molar-refractivity contribution in [2.24, 2.45) is 5.73 Å². The molecule has 0 amide bonds. The number of rotatable bonds is 2. The van der Waals surface area contributed by atoms with Crippen molar-refractivity contribution >= 4 is 0 Å². The predicted octanol–water partition coefficient (Wildman–Crippen LogP) is 2.39. The van der Waals surface area contributed by atoms with E-state index in [4.69, 9.17) is 10.5 Å². The molecule has 0 heterocycles. The molecule has 3 heteroatoms. The summed E-state index contributed by atoms with van der Waals surface area (Å²) in [5.41, 5.74) is 7.14. The van der Waals surface area contributed by atoms with Gasteiger partial charge in [0, 0.05) is 6.04 Å². The zero-order valence-electron chi connectivity index (χ0n) is 9.65. The van der Waals surface area contributed by atoms with Gasteiger partial charge in [0.05, 0.1) is 7.11 Å². The van der Waals surface area contributed by atoms with Crippen molar-refractivity contribution in [2.45, 2.75) is 37.6 Å². The number of phenolic OH excluding ortho intramolecular Hbond substituents is 1. The van der Waals surface area contributed by atoms with Crippen molar-refractivity contribution in [1.82, 2.24) is 0 Å². The van der Waals surface area contributed by atoms with Crippen LogP contribution in [0.2, 0.25) is 0 Å². The summed E-state index contributed by atoms with van der Waals surface area (Å²) in [6.07, 6.45) is 4.45. The molecule has 0 radical (unpaired) electrons. The number of phenols is 1. The number of hydrogen-bond acceptors (Lipinski definition) is 3. The second-order valence-electron chi connectivity index (χ2n) is 4.54. The van der Waals surface area contributed by atoms with E-state index in [0.717, 1.165) is 25.7 Å². The van der Waals surface area contributed by atoms with Crippen molar-refractivity contribution in [1.29, 1.82) is 0 Å². The smallest absolute Gasteiger partial charge is 0.160 e. The fourth-order valence-electron chi connectivity index (χ4n) is 2.40. The average Bonchev–Trinajstić information content (AvgIpc) is 2.31. The minimum Gasteiger partial charge on any atom is -0.504 e. The molecular weight excluding hydrogens is 202 g/mol. The molecule has 0 bridgehead atoms. The van der Waals surface area contributed by atoms with Crippen LogP contribution >= 0.6 is 0 Å². The summed E-state index contributed by atoms with van der Waals surface area (Å²) >= 11 is 0. The van der Waals surface area contributed by atoms with Gasteiger partial charge in [0.1, 0.15) is 0 Å². The summed E-state index contributed by atoms with van der Waals surface area (Å²) in [6, 6.07) is 6.01. The zero-order chi connectivity index (χ0) is 11.5. The van der Waals surface area contributed by atoms with Gasteiger partial charge in [0.15, 0.2) is 11.5 Å². The first-order valence-corrected chi connectivity index (χ1v) is 5.83. The predicted molar refractivity (Wildman–Crippen MR) is 63.8 cm³/mol. The van der Waals surface area contributed by atoms with E-state index in [-0.39, 0.29) is 5.75 Å². The van der Waals surface area contributed by atoms with Crippen LogP contribution in [0.3, 0.4) is 0 Å². The highest BCUT2D eigenvalue weighted by Crippen LogP contribution is 2.36. The Morgan fingerprint density at radius 1 is 1.25 bits per heavy atom. The van der Waals surface area contributed by atoms with Crippen LogP contribution in [0.25, 0.3) is 0 Å². The lowest BCUT2D eigenvalue weighted by molar-refractivity contribution is 0.368. The molecule has 1 aromatic carbocycles. The van der Waals surface area contributed by atoms with Gasteiger partial charge in [-0.2, -0.15) is 0 Å². The summed E-state index contributed by atoms with van der Waals surface area (Å²) < 4.78 is 5.12. The Kier molecular flexibility index (Phi) is 3.34. The first kappa shape index (κ1) is 11.3. The third-order valence-corrected chi connectivity index (χ3v) is 3.45. The normalized spacial score (nSPS) is 25.4. The van der Waals surface area contributed by atoms with Crippen LogP contribution in [0.4, 0.5) is 0 Å². The second-order valence-corrected chi connectivity index (χ2v) is 4.54. The highest BCUT2D eigenvalue weighted by Gasteiger charge is 2.20. The van der Waals surface area contributed by atoms with Crippen LogP contribution in [0.15, 0.2) is 18.2 Å². The molecule has 2 rings (SSSR count). The van der Waals surface area contributed by atoms with Crippen LogP contribution in [0.1, 0.15) is 37.2 Å². The SMILES string of the molecule is COc1cc(C2CCC(N)CC2)ccc1O. The van der Waals surface area contributed by atoms with Crippen LogP contribution in [0, 0.1) is 0 Å². The fourth-order valence-corrected chi connectivity index (χ4v) is 2.40. The molecule has 1 aromatic rings. The lowest BCUT2D eigenvalue weighted by atomic mass is 9.82. The molecular formula is C13H19NO2. The fraction of sp³-hybridized carbons (Fsp3) is 0.538. The quantitative estimate of drug-likeness (QED) is 0.806. The summed E-state index contributed by atoms with van der Waals surface area (Å²) in [6.45, 7) is 0. The van der Waals surface area contributed by atoms with Gasteiger partial charge in [-0.3, -0.25) is 0 Å². The minimum atomic E-state index is 0.207. The Hall–Kier alpha value is -1.22. The van der Waals surface area contributed by atoms with E-state index in [0.29, 0.717) is 17.7 Å². The molecule has 0 spiro atoms. The molecule has 1 fully saturated rings. The van der Waals surface area contributed by atoms with E-state index in [1.807, 2.05) is 12.1 Å². The Morgan fingerprint density at radius 3 is 2.56 bits per heavy atom. The number of ether oxygens (including phenoxy) is 1. The average molecular weight is 221 g/mol. The van der Waals surface area contributed by atoms with Crippen molar-refractivity contribution in [3.05, 3.63) is 23.8 Å². The van der Waals surface area contributed by atoms with Crippen molar-refractivity contribution < 1.29 is 9.84 Å². The van der Waals surface area contributed by atoms with E-state index in [1.54, 1.807) is 13.2 Å². The topological polar surface area (TPSA) is 55.5 Å². The third kappa shape index (κ3) is 2.30. The van der Waals surface area contributed by atoms with Gasteiger partial charge in [0.25, 0.3) is 0 Å². The highest BCUT2D eigenvalue weighted by atomic mass is 16.5. The molecule has 1 aliphatic carbocycles. The molecule has 0 saturated heterocycles. The summed E-state index contributed by atoms with van der Waals surface area (Å²) in [5.74, 6) is 1.33. The van der Waals surface area contributed by atoms with Gasteiger partial charge in [-0.25, -0.2) is 0 Å². The van der Waals surface area contributed by atoms with E-state index in [9.17, 15) is 5.11 Å². The first-order chi connectivity index (χ1) is 7.70. The summed E-state index contributed by atoms with van der Waals surface area (Å²) in [7, 11) is 1.58. The van der Waals surface area contributed by atoms with Crippen LogP contribution in [-0.2, 0) is 0 Å². The molecule has 88 valence electrons. The Labute approximate surface area is 96.2 Å². The van der Waals surface area contributed by atoms with E-state index in [1.165, 1.54) is 5.56 Å². The van der Waals surface area contributed by atoms with Crippen LogP contribution in [0.5, 0.6) is 11.5 Å². The molecule has 0 aliphatic heterocycles. The van der Waals surface area contributed by atoms with Crippen LogP contribution < -0.4 is 10.5 Å². The molecule has 3 nitrogen and oxygen atoms in total. The van der Waals surface area contributed by atoms with E-state index >= 15 is 0 Å². The number of hydrogen-bond donors (Lipinski definition) is 2. The molecule has 0 aromatic heterocycles. The van der Waals surface area contributed by atoms with Gasteiger partial charge in [-0.1, -0.05) is 6.07 Å². The molecule has 1 aliphatic rings. The molecule has 0 atom stereocenters. The van der Waals surface area contributed by atoms with Crippen molar-refractivity contribution in [2.75, 3.05) is 7.11 Å². The van der Waals surface area contributed by atoms with E-state index in [2.05, 4.69) is 0 Å². The molecule has 0 unspecified atom stereocenters. The maximum Gasteiger partial charge on any atom is 0.160 e. The van der Waals surface area contributed by atoms with Crippen molar-refractivity contribution in [3.8, 4) is 11.5 Å². The number of aromatic hydroxyl groups is 1. The molecule has 1 saturated carbocycles. The van der Waals surface area contributed by atoms with Gasteiger partial charge < -0.3 is 15.6 Å². The number of methoxy groups -OCH3 is 1. The maximum atomic E-state index is 9.53. The molecule has 16 heavy (non-hydrogen) atoms.